The van der Waals surface area contributed by atoms with Gasteiger partial charge < -0.3 is 9.80 Å². The van der Waals surface area contributed by atoms with Crippen molar-refractivity contribution in [2.75, 3.05) is 49.1 Å². The molecule has 2 aliphatic heterocycles. The van der Waals surface area contributed by atoms with E-state index in [-0.39, 0.29) is 49.0 Å². The van der Waals surface area contributed by atoms with Gasteiger partial charge in [0, 0.05) is 56.2 Å². The largest absolute Gasteiger partial charge is 0.418 e. The molecule has 4 rings (SSSR count). The van der Waals surface area contributed by atoms with Gasteiger partial charge in [0.25, 0.3) is 0 Å². The first kappa shape index (κ1) is 29.1. The molecular formula is C25H34F4N6O3S. The van der Waals surface area contributed by atoms with Crippen molar-refractivity contribution in [1.29, 1.82) is 0 Å². The van der Waals surface area contributed by atoms with Crippen LogP contribution in [0, 0.1) is 0 Å². The number of anilines is 2. The third-order valence-electron chi connectivity index (χ3n) is 7.66. The molecule has 1 amide bonds. The number of aromatic nitrogens is 2. The minimum atomic E-state index is -4.51. The number of rotatable bonds is 6. The normalized spacial score (nSPS) is 19.0. The summed E-state index contributed by atoms with van der Waals surface area (Å²) in [6, 6.07) is 5.21. The Bertz CT molecular complexity index is 1280. The summed E-state index contributed by atoms with van der Waals surface area (Å²) >= 11 is 0. The molecule has 0 unspecified atom stereocenters. The molecule has 2 saturated heterocycles. The number of hydrogen-bond donors (Lipinski definition) is 1. The third kappa shape index (κ3) is 7.02. The van der Waals surface area contributed by atoms with Gasteiger partial charge in [0.15, 0.2) is 5.82 Å². The van der Waals surface area contributed by atoms with Gasteiger partial charge in [-0.2, -0.15) is 17.9 Å². The Labute approximate surface area is 225 Å². The summed E-state index contributed by atoms with van der Waals surface area (Å²) in [6.07, 6.45) is -1.42. The van der Waals surface area contributed by atoms with E-state index in [1.54, 1.807) is 15.9 Å². The third-order valence-corrected chi connectivity index (χ3v) is 8.24. The molecule has 2 aliphatic rings. The predicted molar refractivity (Wildman–Crippen MR) is 140 cm³/mol. The molecule has 2 fully saturated rings. The van der Waals surface area contributed by atoms with E-state index in [2.05, 4.69) is 21.6 Å². The summed E-state index contributed by atoms with van der Waals surface area (Å²) in [5, 5.41) is 3.99. The number of alkyl halides is 4. The molecule has 0 saturated carbocycles. The highest BCUT2D eigenvalue weighted by molar-refractivity contribution is 7.92. The van der Waals surface area contributed by atoms with Crippen LogP contribution >= 0.6 is 0 Å². The molecule has 0 spiro atoms. The Morgan fingerprint density at radius 3 is 2.38 bits per heavy atom. The maximum Gasteiger partial charge on any atom is 0.418 e. The van der Waals surface area contributed by atoms with Gasteiger partial charge >= 0.3 is 12.2 Å². The van der Waals surface area contributed by atoms with Gasteiger partial charge in [0.1, 0.15) is 6.17 Å². The first-order chi connectivity index (χ1) is 18.1. The van der Waals surface area contributed by atoms with Gasteiger partial charge in [-0.3, -0.25) is 9.62 Å². The van der Waals surface area contributed by atoms with Gasteiger partial charge in [-0.1, -0.05) is 6.07 Å². The minimum Gasteiger partial charge on any atom is -0.371 e. The minimum absolute atomic E-state index is 0.0532. The van der Waals surface area contributed by atoms with Crippen LogP contribution in [0.4, 0.5) is 33.9 Å². The zero-order valence-electron chi connectivity index (χ0n) is 22.2. The number of halogens is 4. The number of likely N-dealkylation sites (tertiary alicyclic amines) is 1. The van der Waals surface area contributed by atoms with E-state index in [0.29, 0.717) is 32.5 Å². The van der Waals surface area contributed by atoms with E-state index in [1.807, 2.05) is 7.05 Å². The average molecular weight is 575 g/mol. The van der Waals surface area contributed by atoms with Gasteiger partial charge in [-0.05, 0) is 57.4 Å². The topological polar surface area (TPSA) is 90.8 Å². The van der Waals surface area contributed by atoms with E-state index in [9.17, 15) is 30.8 Å². The Morgan fingerprint density at radius 2 is 1.79 bits per heavy atom. The van der Waals surface area contributed by atoms with Crippen molar-refractivity contribution in [2.45, 2.75) is 57.0 Å². The molecule has 9 nitrogen and oxygen atoms in total. The van der Waals surface area contributed by atoms with Crippen molar-refractivity contribution in [3.8, 4) is 0 Å². The van der Waals surface area contributed by atoms with E-state index < -0.39 is 27.9 Å². The fourth-order valence-electron chi connectivity index (χ4n) is 5.11. The van der Waals surface area contributed by atoms with Gasteiger partial charge in [-0.25, -0.2) is 17.6 Å². The van der Waals surface area contributed by atoms with Gasteiger partial charge in [0.2, 0.25) is 10.0 Å². The number of nitrogens with zero attached hydrogens (tertiary/aromatic N) is 5. The first-order valence-corrected chi connectivity index (χ1v) is 14.7. The number of carbonyl (C=O) groups excluding carboxylic acids is 1. The Hall–Kier alpha value is -2.87. The summed E-state index contributed by atoms with van der Waals surface area (Å²) in [5.41, 5.74) is -0.197. The zero-order valence-corrected chi connectivity index (χ0v) is 23.0. The molecule has 1 aromatic heterocycles. The predicted octanol–water partition coefficient (Wildman–Crippen LogP) is 4.17. The molecule has 0 atom stereocenters. The second kappa shape index (κ2) is 11.0. The summed E-state index contributed by atoms with van der Waals surface area (Å²) in [6.45, 7) is 3.83. The summed E-state index contributed by atoms with van der Waals surface area (Å²) in [5.74, 6) is 0.0532. The number of hydrogen-bond acceptors (Lipinski definition) is 6. The van der Waals surface area contributed by atoms with Crippen molar-refractivity contribution < 1.29 is 30.8 Å². The second-order valence-electron chi connectivity index (χ2n) is 10.7. The molecule has 0 aliphatic carbocycles. The van der Waals surface area contributed by atoms with Crippen molar-refractivity contribution in [1.82, 2.24) is 19.6 Å². The molecule has 39 heavy (non-hydrogen) atoms. The lowest BCUT2D eigenvalue weighted by atomic mass is 9.87. The number of benzene rings is 1. The standard InChI is InChI=1S/C25H34F4N6O3S/c1-24(9-14-34(15-10-24)23(36)35-13-8-22(30-35)31-39(3,37)38)32(2)17-18-4-5-20(25(27,28)29)21(16-18)33-11-6-19(26)7-12-33/h4-5,8,13,16,19H,6-7,9-12,14-15,17H2,1-3H3,(H,30,31). The van der Waals surface area contributed by atoms with Crippen LogP contribution in [0.1, 0.15) is 43.7 Å². The summed E-state index contributed by atoms with van der Waals surface area (Å²) < 4.78 is 81.0. The monoisotopic (exact) mass is 574 g/mol. The second-order valence-corrected chi connectivity index (χ2v) is 12.4. The van der Waals surface area contributed by atoms with E-state index in [4.69, 9.17) is 0 Å². The lowest BCUT2D eigenvalue weighted by Crippen LogP contribution is -2.53. The Balaban J connectivity index is 1.41. The Morgan fingerprint density at radius 1 is 1.15 bits per heavy atom. The molecule has 2 aromatic rings. The average Bonchev–Trinajstić information content (AvgIpc) is 3.30. The molecule has 14 heteroatoms. The molecule has 0 bridgehead atoms. The summed E-state index contributed by atoms with van der Waals surface area (Å²) in [4.78, 5) is 18.2. The van der Waals surface area contributed by atoms with Crippen LogP contribution < -0.4 is 9.62 Å². The number of piperidine rings is 2. The van der Waals surface area contributed by atoms with Crippen LogP contribution in [0.25, 0.3) is 0 Å². The smallest absolute Gasteiger partial charge is 0.371 e. The number of amides is 1. The van der Waals surface area contributed by atoms with Crippen molar-refractivity contribution >= 4 is 27.6 Å². The van der Waals surface area contributed by atoms with Crippen LogP contribution in [0.5, 0.6) is 0 Å². The van der Waals surface area contributed by atoms with Crippen LogP contribution in [0.15, 0.2) is 30.5 Å². The highest BCUT2D eigenvalue weighted by atomic mass is 32.2. The van der Waals surface area contributed by atoms with Crippen molar-refractivity contribution in [3.63, 3.8) is 0 Å². The summed E-state index contributed by atoms with van der Waals surface area (Å²) in [7, 11) is -1.60. The number of sulfonamides is 1. The number of carbonyl (C=O) groups is 1. The number of nitrogens with one attached hydrogen (secondary N) is 1. The van der Waals surface area contributed by atoms with Gasteiger partial charge in [0.05, 0.1) is 11.8 Å². The fourth-order valence-corrected chi connectivity index (χ4v) is 5.60. The van der Waals surface area contributed by atoms with Crippen LogP contribution in [-0.2, 0) is 22.7 Å². The molecule has 0 radical (unpaired) electrons. The highest BCUT2D eigenvalue weighted by Gasteiger charge is 2.38. The van der Waals surface area contributed by atoms with E-state index in [0.717, 1.165) is 22.6 Å². The first-order valence-electron chi connectivity index (χ1n) is 12.8. The van der Waals surface area contributed by atoms with E-state index in [1.165, 1.54) is 18.3 Å². The Kier molecular flexibility index (Phi) is 8.18. The lowest BCUT2D eigenvalue weighted by Gasteiger charge is -2.45. The maximum atomic E-state index is 13.7. The molecule has 3 heterocycles. The van der Waals surface area contributed by atoms with Gasteiger partial charge in [-0.15, -0.1) is 5.10 Å². The maximum absolute atomic E-state index is 13.7. The zero-order chi connectivity index (χ0) is 28.6. The fraction of sp³-hybridized carbons (Fsp3) is 0.600. The van der Waals surface area contributed by atoms with E-state index >= 15 is 0 Å². The highest BCUT2D eigenvalue weighted by Crippen LogP contribution is 2.39. The molecule has 1 aromatic carbocycles. The molecular weight excluding hydrogens is 540 g/mol. The molecule has 1 N–H and O–H groups in total. The van der Waals surface area contributed by atoms with Crippen LogP contribution in [0.3, 0.4) is 0 Å². The quantitative estimate of drug-likeness (QED) is 0.521. The van der Waals surface area contributed by atoms with Crippen LogP contribution in [-0.4, -0.2) is 85.2 Å². The van der Waals surface area contributed by atoms with Crippen molar-refractivity contribution in [3.05, 3.63) is 41.6 Å². The van der Waals surface area contributed by atoms with Crippen molar-refractivity contribution in [2.24, 2.45) is 0 Å². The molecule has 216 valence electrons. The SMILES string of the molecule is CN(Cc1ccc(C(F)(F)F)c(N2CCC(F)CC2)c1)C1(C)CCN(C(=O)n2ccc(NS(C)(=O)=O)n2)CC1. The lowest BCUT2D eigenvalue weighted by molar-refractivity contribution is -0.137. The van der Waals surface area contributed by atoms with Crippen LogP contribution in [0.2, 0.25) is 0 Å².